The van der Waals surface area contributed by atoms with E-state index in [-0.39, 0.29) is 35.4 Å². The van der Waals surface area contributed by atoms with Crippen molar-refractivity contribution < 1.29 is 30.3 Å². The summed E-state index contributed by atoms with van der Waals surface area (Å²) >= 11 is 0. The summed E-state index contributed by atoms with van der Waals surface area (Å²) in [4.78, 5) is 13.2. The smallest absolute Gasteiger partial charge is 0.159 e. The van der Waals surface area contributed by atoms with Crippen molar-refractivity contribution in [3.63, 3.8) is 0 Å². The van der Waals surface area contributed by atoms with E-state index in [4.69, 9.17) is 0 Å². The van der Waals surface area contributed by atoms with E-state index in [1.54, 1.807) is 26.8 Å². The molecule has 0 bridgehead atoms. The summed E-state index contributed by atoms with van der Waals surface area (Å²) < 4.78 is 0. The molecule has 3 fully saturated rings. The minimum atomic E-state index is -1.42. The topological polar surface area (TPSA) is 118 Å². The number of hydrogen-bond donors (Lipinski definition) is 5. The van der Waals surface area contributed by atoms with E-state index < -0.39 is 34.4 Å². The van der Waals surface area contributed by atoms with Crippen molar-refractivity contribution in [1.82, 2.24) is 0 Å². The first-order chi connectivity index (χ1) is 15.1. The maximum atomic E-state index is 13.2. The van der Waals surface area contributed by atoms with E-state index in [0.717, 1.165) is 18.4 Å². The molecule has 4 aliphatic rings. The fraction of sp³-hybridized carbons (Fsp3) is 0.889. The van der Waals surface area contributed by atoms with Crippen molar-refractivity contribution in [3.05, 3.63) is 11.6 Å². The highest BCUT2D eigenvalue weighted by atomic mass is 16.3. The molecule has 0 amide bonds. The van der Waals surface area contributed by atoms with Gasteiger partial charge < -0.3 is 25.5 Å². The Morgan fingerprint density at radius 2 is 1.73 bits per heavy atom. The number of aliphatic hydroxyl groups excluding tert-OH is 2. The normalized spacial score (nSPS) is 46.0. The van der Waals surface area contributed by atoms with Gasteiger partial charge in [-0.05, 0) is 107 Å². The second-order valence-corrected chi connectivity index (χ2v) is 13.0. The van der Waals surface area contributed by atoms with Crippen LogP contribution in [0.2, 0.25) is 0 Å². The zero-order valence-corrected chi connectivity index (χ0v) is 21.0. The zero-order valence-electron chi connectivity index (χ0n) is 21.0. The molecule has 0 heterocycles. The molecular weight excluding hydrogens is 420 g/mol. The first kappa shape index (κ1) is 25.3. The summed E-state index contributed by atoms with van der Waals surface area (Å²) in [5.41, 5.74) is -3.64. The van der Waals surface area contributed by atoms with E-state index in [1.807, 2.05) is 6.92 Å². The average Bonchev–Trinajstić information content (AvgIpc) is 2.99. The number of allylic oxidation sites excluding steroid dienone is 1. The number of ketones is 1. The zero-order chi connectivity index (χ0) is 24.6. The molecule has 0 radical (unpaired) electrons. The summed E-state index contributed by atoms with van der Waals surface area (Å²) in [7, 11) is 0. The van der Waals surface area contributed by atoms with Crippen molar-refractivity contribution in [2.75, 3.05) is 0 Å². The quantitative estimate of drug-likeness (QED) is 0.427. The van der Waals surface area contributed by atoms with Gasteiger partial charge in [0.25, 0.3) is 0 Å². The van der Waals surface area contributed by atoms with Crippen LogP contribution in [0.4, 0.5) is 0 Å². The molecular formula is C27H44O6. The van der Waals surface area contributed by atoms with Gasteiger partial charge in [0.1, 0.15) is 0 Å². The lowest BCUT2D eigenvalue weighted by molar-refractivity contribution is -0.172. The van der Waals surface area contributed by atoms with Crippen LogP contribution in [0.25, 0.3) is 0 Å². The molecule has 4 rings (SSSR count). The van der Waals surface area contributed by atoms with Crippen molar-refractivity contribution in [2.24, 2.45) is 28.6 Å². The van der Waals surface area contributed by atoms with Gasteiger partial charge in [-0.3, -0.25) is 4.79 Å². The lowest BCUT2D eigenvalue weighted by atomic mass is 9.46. The van der Waals surface area contributed by atoms with Gasteiger partial charge in [-0.25, -0.2) is 0 Å². The Kier molecular flexibility index (Phi) is 6.03. The summed E-state index contributed by atoms with van der Waals surface area (Å²) in [5.74, 6) is -0.426. The van der Waals surface area contributed by atoms with Crippen LogP contribution in [0.5, 0.6) is 0 Å². The van der Waals surface area contributed by atoms with Crippen LogP contribution >= 0.6 is 0 Å². The monoisotopic (exact) mass is 464 g/mol. The Balaban J connectivity index is 1.65. The number of carbonyl (C=O) groups excluding carboxylic acids is 1. The third kappa shape index (κ3) is 3.76. The number of carbonyl (C=O) groups is 1. The van der Waals surface area contributed by atoms with Gasteiger partial charge in [-0.2, -0.15) is 0 Å². The first-order valence-electron chi connectivity index (χ1n) is 12.9. The van der Waals surface area contributed by atoms with Gasteiger partial charge >= 0.3 is 0 Å². The third-order valence-corrected chi connectivity index (χ3v) is 10.5. The SMILES string of the molecule is CC(C)(O)CC[C@@H](O)[C@](C)(O)[C@@H]1CC[C@@]2(O)C3=CC(=O)[C@@H]4C[C@@H](O)CC[C@]4(C)[C@H]3CC[C@]12C. The van der Waals surface area contributed by atoms with Crippen molar-refractivity contribution in [1.29, 1.82) is 0 Å². The lowest BCUT2D eigenvalue weighted by Crippen LogP contribution is -2.62. The molecule has 6 nitrogen and oxygen atoms in total. The Bertz CT molecular complexity index is 827. The van der Waals surface area contributed by atoms with Crippen LogP contribution in [0, 0.1) is 28.6 Å². The van der Waals surface area contributed by atoms with E-state index in [9.17, 15) is 30.3 Å². The number of aliphatic hydroxyl groups is 5. The number of fused-ring (bicyclic) bond motifs is 5. The maximum Gasteiger partial charge on any atom is 0.159 e. The Morgan fingerprint density at radius 1 is 1.06 bits per heavy atom. The fourth-order valence-corrected chi connectivity index (χ4v) is 8.27. The molecule has 6 heteroatoms. The third-order valence-electron chi connectivity index (χ3n) is 10.5. The fourth-order valence-electron chi connectivity index (χ4n) is 8.27. The van der Waals surface area contributed by atoms with Crippen LogP contribution in [0.15, 0.2) is 11.6 Å². The molecule has 4 aliphatic carbocycles. The van der Waals surface area contributed by atoms with E-state index in [2.05, 4.69) is 6.92 Å². The molecule has 0 aromatic heterocycles. The predicted molar refractivity (Wildman–Crippen MR) is 125 cm³/mol. The van der Waals surface area contributed by atoms with Gasteiger partial charge in [-0.1, -0.05) is 13.8 Å². The van der Waals surface area contributed by atoms with Gasteiger partial charge in [0.2, 0.25) is 0 Å². The van der Waals surface area contributed by atoms with Gasteiger partial charge in [0, 0.05) is 11.3 Å². The molecule has 0 aromatic carbocycles. The second-order valence-electron chi connectivity index (χ2n) is 13.0. The van der Waals surface area contributed by atoms with Crippen LogP contribution < -0.4 is 0 Å². The summed E-state index contributed by atoms with van der Waals surface area (Å²) in [6.07, 6.45) is 5.38. The summed E-state index contributed by atoms with van der Waals surface area (Å²) in [6, 6.07) is 0. The number of rotatable bonds is 5. The molecule has 33 heavy (non-hydrogen) atoms. The highest BCUT2D eigenvalue weighted by Crippen LogP contribution is 2.68. The van der Waals surface area contributed by atoms with Crippen LogP contribution in [-0.2, 0) is 4.79 Å². The standard InChI is InChI=1S/C27H44O6/c1-23(2,31)10-9-22(30)26(5,32)21-8-13-27(33)18-15-20(29)19-14-16(28)6-11-24(19,3)17(18)7-12-25(21,27)4/h15-17,19,21-22,28,30-33H,6-14H2,1-5H3/t16-,17-,19-,21+,22+,24+,25+,26+,27+/m0/s1. The van der Waals surface area contributed by atoms with Gasteiger partial charge in [-0.15, -0.1) is 0 Å². The lowest BCUT2D eigenvalue weighted by Gasteiger charge is -2.60. The highest BCUT2D eigenvalue weighted by molar-refractivity contribution is 5.95. The minimum Gasteiger partial charge on any atom is -0.393 e. The summed E-state index contributed by atoms with van der Waals surface area (Å²) in [5, 5.41) is 55.0. The number of hydrogen-bond acceptors (Lipinski definition) is 6. The molecule has 0 unspecified atom stereocenters. The molecule has 0 aliphatic heterocycles. The summed E-state index contributed by atoms with van der Waals surface area (Å²) in [6.45, 7) is 9.22. The van der Waals surface area contributed by atoms with Gasteiger partial charge in [0.15, 0.2) is 5.78 Å². The largest absolute Gasteiger partial charge is 0.393 e. The van der Waals surface area contributed by atoms with Crippen LogP contribution in [0.3, 0.4) is 0 Å². The minimum absolute atomic E-state index is 0.0144. The molecule has 0 saturated heterocycles. The molecule has 0 aromatic rings. The van der Waals surface area contributed by atoms with Crippen molar-refractivity contribution in [2.45, 2.75) is 121 Å². The van der Waals surface area contributed by atoms with E-state index in [1.165, 1.54) is 0 Å². The first-order valence-corrected chi connectivity index (χ1v) is 12.9. The van der Waals surface area contributed by atoms with E-state index in [0.29, 0.717) is 38.5 Å². The average molecular weight is 465 g/mol. The second kappa shape index (κ2) is 7.86. The molecule has 9 atom stereocenters. The highest BCUT2D eigenvalue weighted by Gasteiger charge is 2.68. The maximum absolute atomic E-state index is 13.2. The Labute approximate surface area is 198 Å². The Morgan fingerprint density at radius 3 is 2.36 bits per heavy atom. The molecule has 0 spiro atoms. The molecule has 188 valence electrons. The molecule has 5 N–H and O–H groups in total. The van der Waals surface area contributed by atoms with Crippen molar-refractivity contribution >= 4 is 5.78 Å². The van der Waals surface area contributed by atoms with Crippen LogP contribution in [-0.4, -0.2) is 60.3 Å². The van der Waals surface area contributed by atoms with E-state index >= 15 is 0 Å². The van der Waals surface area contributed by atoms with Crippen molar-refractivity contribution in [3.8, 4) is 0 Å². The van der Waals surface area contributed by atoms with Gasteiger partial charge in [0.05, 0.1) is 29.0 Å². The van der Waals surface area contributed by atoms with Crippen LogP contribution in [0.1, 0.15) is 92.4 Å². The predicted octanol–water partition coefficient (Wildman–Crippen LogP) is 2.88. The molecule has 3 saturated carbocycles. The Hall–Kier alpha value is -0.790.